The van der Waals surface area contributed by atoms with Gasteiger partial charge in [-0.2, -0.15) is 12.1 Å². The van der Waals surface area contributed by atoms with Crippen molar-refractivity contribution in [3.63, 3.8) is 0 Å². The van der Waals surface area contributed by atoms with Gasteiger partial charge in [0.25, 0.3) is 0 Å². The average molecular weight is 809 g/mol. The summed E-state index contributed by atoms with van der Waals surface area (Å²) in [6.45, 7) is 22.2. The van der Waals surface area contributed by atoms with Gasteiger partial charge in [-0.3, -0.25) is 0 Å². The molecule has 264 valence electrons. The molecule has 0 amide bonds. The van der Waals surface area contributed by atoms with Crippen LogP contribution in [0.25, 0.3) is 43.8 Å². The second kappa shape index (κ2) is 18.5. The summed E-state index contributed by atoms with van der Waals surface area (Å²) in [7, 11) is 11.0. The predicted octanol–water partition coefficient (Wildman–Crippen LogP) is 15.3. The van der Waals surface area contributed by atoms with Crippen molar-refractivity contribution in [3.8, 4) is 22.3 Å². The predicted molar refractivity (Wildman–Crippen MR) is 227 cm³/mol. The third-order valence-corrected chi connectivity index (χ3v) is 9.59. The van der Waals surface area contributed by atoms with E-state index in [0.29, 0.717) is 5.92 Å². The molecule has 0 aromatic heterocycles. The van der Waals surface area contributed by atoms with E-state index in [9.17, 15) is 0 Å². The zero-order valence-corrected chi connectivity index (χ0v) is 37.2. The van der Waals surface area contributed by atoms with E-state index in [1.807, 2.05) is 0 Å². The summed E-state index contributed by atoms with van der Waals surface area (Å²) in [4.78, 5) is 0. The van der Waals surface area contributed by atoms with E-state index in [1.165, 1.54) is 84.5 Å². The molecule has 0 fully saturated rings. The third kappa shape index (κ3) is 10.8. The molecule has 1 unspecified atom stereocenters. The van der Waals surface area contributed by atoms with Crippen molar-refractivity contribution >= 4 is 48.1 Å². The van der Waals surface area contributed by atoms with E-state index in [4.69, 9.17) is 17.0 Å². The molecule has 1 aliphatic rings. The van der Waals surface area contributed by atoms with Crippen molar-refractivity contribution in [3.05, 3.63) is 143 Å². The third-order valence-electron chi connectivity index (χ3n) is 9.59. The van der Waals surface area contributed by atoms with Gasteiger partial charge in [-0.1, -0.05) is 152 Å². The molecular weight excluding hydrogens is 755 g/mol. The van der Waals surface area contributed by atoms with Crippen LogP contribution in [0.3, 0.4) is 0 Å². The van der Waals surface area contributed by atoms with E-state index >= 15 is 0 Å². The van der Waals surface area contributed by atoms with Crippen molar-refractivity contribution in [2.75, 3.05) is 0 Å². The van der Waals surface area contributed by atoms with Crippen LogP contribution in [-0.4, -0.2) is 9.52 Å². The molecule has 0 saturated heterocycles. The van der Waals surface area contributed by atoms with Gasteiger partial charge < -0.3 is 0 Å². The molecule has 51 heavy (non-hydrogen) atoms. The van der Waals surface area contributed by atoms with Gasteiger partial charge in [0, 0.05) is 9.52 Å². The minimum atomic E-state index is -0.826. The Morgan fingerprint density at radius 1 is 0.686 bits per heavy atom. The Bertz CT molecular complexity index is 2010. The molecule has 1 aliphatic carbocycles. The zero-order valence-electron chi connectivity index (χ0n) is 32.2. The number of fused-ring (bicyclic) bond motifs is 2. The van der Waals surface area contributed by atoms with Gasteiger partial charge in [-0.15, -0.1) is 68.6 Å². The molecule has 6 aromatic carbocycles. The molecule has 0 aliphatic heterocycles. The normalized spacial score (nSPS) is 13.8. The van der Waals surface area contributed by atoms with Gasteiger partial charge in [0.2, 0.25) is 0 Å². The molecule has 0 nitrogen and oxygen atoms in total. The topological polar surface area (TPSA) is 0 Å². The van der Waals surface area contributed by atoms with Crippen LogP contribution in [0, 0.1) is 13.8 Å². The quantitative estimate of drug-likeness (QED) is 0.0949. The van der Waals surface area contributed by atoms with Crippen molar-refractivity contribution in [1.82, 2.24) is 0 Å². The second-order valence-electron chi connectivity index (χ2n) is 15.7. The Kier molecular flexibility index (Phi) is 15.0. The van der Waals surface area contributed by atoms with Crippen LogP contribution in [-0.2, 0) is 31.7 Å². The van der Waals surface area contributed by atoms with Crippen molar-refractivity contribution < 1.29 is 20.8 Å². The Hall–Kier alpha value is -2.48. The molecule has 0 heterocycles. The van der Waals surface area contributed by atoms with Crippen molar-refractivity contribution in [1.29, 1.82) is 0 Å². The van der Waals surface area contributed by atoms with Gasteiger partial charge in [-0.25, -0.2) is 0 Å². The summed E-state index contributed by atoms with van der Waals surface area (Å²) in [5, 5.41) is 5.50. The minimum absolute atomic E-state index is 0.201. The maximum absolute atomic E-state index is 4.93. The van der Waals surface area contributed by atoms with Gasteiger partial charge in [-0.05, 0) is 51.8 Å². The molecular formula is C47H54Cl2SiZr. The fourth-order valence-electron chi connectivity index (χ4n) is 6.77. The molecule has 4 heteroatoms. The van der Waals surface area contributed by atoms with E-state index in [2.05, 4.69) is 184 Å². The molecule has 0 bridgehead atoms. The molecule has 1 atom stereocenters. The number of benzene rings is 4. The van der Waals surface area contributed by atoms with Gasteiger partial charge >= 0.3 is 37.9 Å². The second-order valence-corrected chi connectivity index (χ2v) is 20.5. The van der Waals surface area contributed by atoms with E-state index in [1.54, 1.807) is 0 Å². The first-order valence-corrected chi connectivity index (χ1v) is 26.3. The molecule has 0 N–H and O–H groups in total. The molecule has 0 spiro atoms. The van der Waals surface area contributed by atoms with Gasteiger partial charge in [0.05, 0.1) is 0 Å². The summed E-state index contributed by atoms with van der Waals surface area (Å²) in [5.41, 5.74) is 12.6. The van der Waals surface area contributed by atoms with Gasteiger partial charge in [0.1, 0.15) is 0 Å². The van der Waals surface area contributed by atoms with E-state index in [0.717, 1.165) is 9.52 Å². The van der Waals surface area contributed by atoms with Crippen LogP contribution in [0.4, 0.5) is 0 Å². The fraction of sp³-hybridized carbons (Fsp3) is 0.319. The number of hydrogen-bond acceptors (Lipinski definition) is 0. The Morgan fingerprint density at radius 3 is 1.71 bits per heavy atom. The van der Waals surface area contributed by atoms with E-state index in [-0.39, 0.29) is 10.8 Å². The summed E-state index contributed by atoms with van der Waals surface area (Å²) < 4.78 is 0. The molecule has 6 aromatic rings. The summed E-state index contributed by atoms with van der Waals surface area (Å²) in [6.07, 6.45) is 7.15. The first-order valence-electron chi connectivity index (χ1n) is 18.0. The SMILES string of the molecule is CC(C)(C)c1ccc(-c2cccc3[cH-]c(C4C=CCC4)cc23)cc1.C[Si]C.Cc1cc2c(-c3ccc(C(C)(C)C)cc3)ccc(C)c2[cH-]1.[Cl][Zr+2][Cl]. The van der Waals surface area contributed by atoms with Gasteiger partial charge in [0.15, 0.2) is 0 Å². The first-order chi connectivity index (χ1) is 24.2. The molecule has 0 saturated carbocycles. The number of halogens is 2. The van der Waals surface area contributed by atoms with Crippen LogP contribution in [0.1, 0.15) is 88.1 Å². The van der Waals surface area contributed by atoms with Crippen molar-refractivity contribution in [2.24, 2.45) is 0 Å². The number of allylic oxidation sites excluding steroid dienone is 2. The summed E-state index contributed by atoms with van der Waals surface area (Å²) in [5.74, 6) is 0.605. The van der Waals surface area contributed by atoms with Crippen LogP contribution < -0.4 is 0 Å². The Labute approximate surface area is 329 Å². The Morgan fingerprint density at radius 2 is 1.22 bits per heavy atom. The Balaban J connectivity index is 0.000000200. The van der Waals surface area contributed by atoms with Crippen molar-refractivity contribution in [2.45, 2.75) is 98.1 Å². The molecule has 2 radical (unpaired) electrons. The standard InChI is InChI=1S/C24H25.C21H23.C2H6Si.2ClH.Zr/c1-24(2,3)21-13-11-18(12-14-21)22-10-6-9-19-15-20(16-23(19)22)17-7-4-5-8-17;1-14-12-19-15(2)6-11-18(20(19)13-14)16-7-9-17(10-8-16)21(3,4)5;1-3-2;;;/h4,6-7,9-17H,5,8H2,1-3H3;6-13H,1-5H3;1-2H3;2*1H;/q2*-1;;;;+4/p-2. The number of rotatable bonds is 3. The fourth-order valence-corrected chi connectivity index (χ4v) is 6.77. The maximum atomic E-state index is 4.93. The summed E-state index contributed by atoms with van der Waals surface area (Å²) in [6, 6.07) is 38.7. The zero-order chi connectivity index (χ0) is 37.3. The van der Waals surface area contributed by atoms with Crippen LogP contribution in [0.2, 0.25) is 13.1 Å². The van der Waals surface area contributed by atoms with Crippen LogP contribution in [0.5, 0.6) is 0 Å². The van der Waals surface area contributed by atoms with Crippen LogP contribution in [0.15, 0.2) is 115 Å². The van der Waals surface area contributed by atoms with Crippen LogP contribution >= 0.6 is 17.0 Å². The average Bonchev–Trinajstić information content (AvgIpc) is 3.85. The number of hydrogen-bond donors (Lipinski definition) is 0. The van der Waals surface area contributed by atoms with E-state index < -0.39 is 20.8 Å². The first kappa shape index (κ1) is 41.3. The monoisotopic (exact) mass is 806 g/mol. The number of aryl methyl sites for hydroxylation is 2. The molecule has 7 rings (SSSR count). The summed E-state index contributed by atoms with van der Waals surface area (Å²) >= 11 is -0.826.